The Labute approximate surface area is 96.5 Å². The molecule has 0 aliphatic rings. The SMILES string of the molecule is Cc1ccccc1C(C)NC(=O)CCCO. The number of aryl methyl sites for hydroxylation is 1. The zero-order valence-electron chi connectivity index (χ0n) is 9.86. The van der Waals surface area contributed by atoms with E-state index in [0.29, 0.717) is 12.8 Å². The van der Waals surface area contributed by atoms with Gasteiger partial charge in [0.2, 0.25) is 5.91 Å². The molecule has 1 unspecified atom stereocenters. The van der Waals surface area contributed by atoms with Gasteiger partial charge in [0.15, 0.2) is 0 Å². The fourth-order valence-electron chi connectivity index (χ4n) is 1.70. The van der Waals surface area contributed by atoms with Crippen LogP contribution < -0.4 is 5.32 Å². The zero-order valence-corrected chi connectivity index (χ0v) is 9.86. The molecule has 1 amide bonds. The molecule has 1 rings (SSSR count). The number of carbonyl (C=O) groups is 1. The van der Waals surface area contributed by atoms with Crippen molar-refractivity contribution in [3.05, 3.63) is 35.4 Å². The number of benzene rings is 1. The van der Waals surface area contributed by atoms with Gasteiger partial charge < -0.3 is 10.4 Å². The maximum atomic E-state index is 11.5. The van der Waals surface area contributed by atoms with Crippen molar-refractivity contribution >= 4 is 5.91 Å². The minimum absolute atomic E-state index is 0.00944. The highest BCUT2D eigenvalue weighted by Gasteiger charge is 2.10. The monoisotopic (exact) mass is 221 g/mol. The lowest BCUT2D eigenvalue weighted by atomic mass is 10.0. The second-order valence-electron chi connectivity index (χ2n) is 3.97. The summed E-state index contributed by atoms with van der Waals surface area (Å²) >= 11 is 0. The van der Waals surface area contributed by atoms with Crippen molar-refractivity contribution < 1.29 is 9.90 Å². The van der Waals surface area contributed by atoms with E-state index in [2.05, 4.69) is 5.32 Å². The normalized spacial score (nSPS) is 12.2. The summed E-state index contributed by atoms with van der Waals surface area (Å²) in [6.45, 7) is 4.07. The predicted molar refractivity (Wildman–Crippen MR) is 64.1 cm³/mol. The fourth-order valence-corrected chi connectivity index (χ4v) is 1.70. The van der Waals surface area contributed by atoms with E-state index in [1.165, 1.54) is 5.56 Å². The van der Waals surface area contributed by atoms with Crippen LogP contribution in [0.15, 0.2) is 24.3 Å². The van der Waals surface area contributed by atoms with E-state index in [1.807, 2.05) is 38.1 Å². The second kappa shape index (κ2) is 6.28. The molecule has 1 atom stereocenters. The maximum absolute atomic E-state index is 11.5. The molecule has 1 aromatic carbocycles. The zero-order chi connectivity index (χ0) is 12.0. The minimum Gasteiger partial charge on any atom is -0.396 e. The van der Waals surface area contributed by atoms with E-state index in [1.54, 1.807) is 0 Å². The average molecular weight is 221 g/mol. The lowest BCUT2D eigenvalue weighted by molar-refractivity contribution is -0.122. The Bertz CT molecular complexity index is 350. The summed E-state index contributed by atoms with van der Waals surface area (Å²) in [5.41, 5.74) is 2.32. The third-order valence-corrected chi connectivity index (χ3v) is 2.59. The van der Waals surface area contributed by atoms with Gasteiger partial charge in [-0.3, -0.25) is 4.79 Å². The number of carbonyl (C=O) groups excluding carboxylic acids is 1. The van der Waals surface area contributed by atoms with Crippen molar-refractivity contribution in [2.45, 2.75) is 32.7 Å². The first-order valence-corrected chi connectivity index (χ1v) is 5.61. The molecule has 3 heteroatoms. The van der Waals surface area contributed by atoms with Gasteiger partial charge in [0.05, 0.1) is 6.04 Å². The number of aliphatic hydroxyl groups excluding tert-OH is 1. The Balaban J connectivity index is 2.55. The molecule has 0 bridgehead atoms. The Morgan fingerprint density at radius 3 is 2.75 bits per heavy atom. The number of amides is 1. The van der Waals surface area contributed by atoms with Crippen LogP contribution in [-0.4, -0.2) is 17.6 Å². The van der Waals surface area contributed by atoms with E-state index in [0.717, 1.165) is 5.56 Å². The van der Waals surface area contributed by atoms with Crippen molar-refractivity contribution in [2.24, 2.45) is 0 Å². The van der Waals surface area contributed by atoms with Crippen LogP contribution in [0.5, 0.6) is 0 Å². The van der Waals surface area contributed by atoms with E-state index in [4.69, 9.17) is 5.11 Å². The summed E-state index contributed by atoms with van der Waals surface area (Å²) in [6, 6.07) is 8.03. The predicted octanol–water partition coefficient (Wildman–Crippen LogP) is 1.94. The molecule has 3 nitrogen and oxygen atoms in total. The topological polar surface area (TPSA) is 49.3 Å². The van der Waals surface area contributed by atoms with Crippen LogP contribution in [0.4, 0.5) is 0 Å². The molecular weight excluding hydrogens is 202 g/mol. The van der Waals surface area contributed by atoms with Crippen LogP contribution in [0.25, 0.3) is 0 Å². The lowest BCUT2D eigenvalue weighted by Gasteiger charge is -2.16. The minimum atomic E-state index is -0.00944. The molecule has 0 radical (unpaired) electrons. The van der Waals surface area contributed by atoms with E-state index < -0.39 is 0 Å². The van der Waals surface area contributed by atoms with Gasteiger partial charge in [0, 0.05) is 13.0 Å². The standard InChI is InChI=1S/C13H19NO2/c1-10-6-3-4-7-12(10)11(2)14-13(16)8-5-9-15/h3-4,6-7,11,15H,5,8-9H2,1-2H3,(H,14,16). The quantitative estimate of drug-likeness (QED) is 0.798. The molecule has 16 heavy (non-hydrogen) atoms. The number of nitrogens with one attached hydrogen (secondary N) is 1. The smallest absolute Gasteiger partial charge is 0.220 e. The molecule has 0 heterocycles. The number of hydrogen-bond donors (Lipinski definition) is 2. The largest absolute Gasteiger partial charge is 0.396 e. The van der Waals surface area contributed by atoms with Crippen LogP contribution in [0, 0.1) is 6.92 Å². The molecule has 0 saturated heterocycles. The third-order valence-electron chi connectivity index (χ3n) is 2.59. The molecule has 0 aliphatic heterocycles. The van der Waals surface area contributed by atoms with Gasteiger partial charge in [-0.1, -0.05) is 24.3 Å². The molecule has 0 aromatic heterocycles. The summed E-state index contributed by atoms with van der Waals surface area (Å²) in [7, 11) is 0. The summed E-state index contributed by atoms with van der Waals surface area (Å²) in [5, 5.41) is 11.6. The Hall–Kier alpha value is -1.35. The second-order valence-corrected chi connectivity index (χ2v) is 3.97. The fraction of sp³-hybridized carbons (Fsp3) is 0.462. The molecule has 0 saturated carbocycles. The van der Waals surface area contributed by atoms with Gasteiger partial charge in [0.1, 0.15) is 0 Å². The third kappa shape index (κ3) is 3.66. The van der Waals surface area contributed by atoms with Gasteiger partial charge in [0.25, 0.3) is 0 Å². The van der Waals surface area contributed by atoms with E-state index >= 15 is 0 Å². The van der Waals surface area contributed by atoms with E-state index in [-0.39, 0.29) is 18.6 Å². The summed E-state index contributed by atoms with van der Waals surface area (Å²) in [5.74, 6) is -0.00944. The molecule has 1 aromatic rings. The van der Waals surface area contributed by atoms with Crippen LogP contribution in [-0.2, 0) is 4.79 Å². The lowest BCUT2D eigenvalue weighted by Crippen LogP contribution is -2.26. The van der Waals surface area contributed by atoms with Crippen molar-refractivity contribution in [3.8, 4) is 0 Å². The van der Waals surface area contributed by atoms with Crippen LogP contribution in [0.2, 0.25) is 0 Å². The summed E-state index contributed by atoms with van der Waals surface area (Å²) < 4.78 is 0. The highest BCUT2D eigenvalue weighted by atomic mass is 16.3. The molecule has 0 aliphatic carbocycles. The summed E-state index contributed by atoms with van der Waals surface area (Å²) in [6.07, 6.45) is 0.902. The highest BCUT2D eigenvalue weighted by molar-refractivity contribution is 5.76. The van der Waals surface area contributed by atoms with Crippen LogP contribution in [0.1, 0.15) is 36.9 Å². The number of hydrogen-bond acceptors (Lipinski definition) is 2. The average Bonchev–Trinajstić information content (AvgIpc) is 2.26. The van der Waals surface area contributed by atoms with Gasteiger partial charge >= 0.3 is 0 Å². The Kier molecular flexibility index (Phi) is 4.99. The van der Waals surface area contributed by atoms with Gasteiger partial charge in [-0.2, -0.15) is 0 Å². The van der Waals surface area contributed by atoms with Crippen molar-refractivity contribution in [1.82, 2.24) is 5.32 Å². The maximum Gasteiger partial charge on any atom is 0.220 e. The molecule has 0 spiro atoms. The van der Waals surface area contributed by atoms with Gasteiger partial charge in [-0.25, -0.2) is 0 Å². The number of aliphatic hydroxyl groups is 1. The summed E-state index contributed by atoms with van der Waals surface area (Å²) in [4.78, 5) is 11.5. The first kappa shape index (κ1) is 12.7. The Morgan fingerprint density at radius 2 is 2.12 bits per heavy atom. The van der Waals surface area contributed by atoms with Crippen LogP contribution >= 0.6 is 0 Å². The molecule has 2 N–H and O–H groups in total. The van der Waals surface area contributed by atoms with E-state index in [9.17, 15) is 4.79 Å². The van der Waals surface area contributed by atoms with Crippen molar-refractivity contribution in [3.63, 3.8) is 0 Å². The van der Waals surface area contributed by atoms with Crippen LogP contribution in [0.3, 0.4) is 0 Å². The first-order valence-electron chi connectivity index (χ1n) is 5.61. The Morgan fingerprint density at radius 1 is 1.44 bits per heavy atom. The van der Waals surface area contributed by atoms with Crippen molar-refractivity contribution in [1.29, 1.82) is 0 Å². The van der Waals surface area contributed by atoms with Gasteiger partial charge in [-0.05, 0) is 31.4 Å². The van der Waals surface area contributed by atoms with Gasteiger partial charge in [-0.15, -0.1) is 0 Å². The van der Waals surface area contributed by atoms with Crippen molar-refractivity contribution in [2.75, 3.05) is 6.61 Å². The molecule has 88 valence electrons. The number of rotatable bonds is 5. The molecular formula is C13H19NO2. The first-order chi connectivity index (χ1) is 7.65. The molecule has 0 fully saturated rings. The highest BCUT2D eigenvalue weighted by Crippen LogP contribution is 2.16.